The first-order valence-electron chi connectivity index (χ1n) is 8.92. The average molecular weight is 370 g/mol. The number of piperidine rings is 1. The molecule has 3 rings (SSSR count). The summed E-state index contributed by atoms with van der Waals surface area (Å²) < 4.78 is 1.17. The summed E-state index contributed by atoms with van der Waals surface area (Å²) in [7, 11) is 0. The van der Waals surface area contributed by atoms with Crippen LogP contribution in [0.4, 0.5) is 0 Å². The van der Waals surface area contributed by atoms with Crippen molar-refractivity contribution < 1.29 is 9.59 Å². The zero-order chi connectivity index (χ0) is 19.2. The van der Waals surface area contributed by atoms with Crippen LogP contribution in [0.1, 0.15) is 18.4 Å². The SMILES string of the molecule is O=C(NCc1ccccc1)C1CCN(C(=O)Cn2ccc(=O)[nH]c2=O)CC1. The van der Waals surface area contributed by atoms with Crippen LogP contribution in [0.3, 0.4) is 0 Å². The Hall–Kier alpha value is -3.16. The molecular weight excluding hydrogens is 348 g/mol. The number of aromatic amines is 1. The van der Waals surface area contributed by atoms with Crippen molar-refractivity contribution in [3.63, 3.8) is 0 Å². The number of nitrogens with one attached hydrogen (secondary N) is 2. The van der Waals surface area contributed by atoms with Crippen LogP contribution < -0.4 is 16.6 Å². The maximum absolute atomic E-state index is 12.4. The van der Waals surface area contributed by atoms with Crippen LogP contribution in [0.2, 0.25) is 0 Å². The second-order valence-corrected chi connectivity index (χ2v) is 6.60. The molecule has 8 heteroatoms. The van der Waals surface area contributed by atoms with Gasteiger partial charge in [0.25, 0.3) is 5.56 Å². The summed E-state index contributed by atoms with van der Waals surface area (Å²) in [6, 6.07) is 10.9. The van der Waals surface area contributed by atoms with Crippen LogP contribution in [0.5, 0.6) is 0 Å². The number of aromatic nitrogens is 2. The quantitative estimate of drug-likeness (QED) is 0.778. The monoisotopic (exact) mass is 370 g/mol. The Balaban J connectivity index is 1.47. The van der Waals surface area contributed by atoms with Crippen LogP contribution in [-0.4, -0.2) is 39.4 Å². The summed E-state index contributed by atoms with van der Waals surface area (Å²) in [5.41, 5.74) is -0.0538. The first-order valence-corrected chi connectivity index (χ1v) is 8.92. The molecule has 142 valence electrons. The number of rotatable bonds is 5. The van der Waals surface area contributed by atoms with Crippen molar-refractivity contribution in [2.45, 2.75) is 25.9 Å². The molecule has 0 spiro atoms. The second kappa shape index (κ2) is 8.48. The normalized spacial score (nSPS) is 14.7. The number of benzene rings is 1. The lowest BCUT2D eigenvalue weighted by Crippen LogP contribution is -2.45. The minimum Gasteiger partial charge on any atom is -0.352 e. The number of hydrogen-bond donors (Lipinski definition) is 2. The lowest BCUT2D eigenvalue weighted by atomic mass is 9.95. The third-order valence-corrected chi connectivity index (χ3v) is 4.73. The molecular formula is C19H22N4O4. The van der Waals surface area contributed by atoms with Crippen molar-refractivity contribution in [1.29, 1.82) is 0 Å². The van der Waals surface area contributed by atoms with E-state index in [9.17, 15) is 19.2 Å². The molecule has 1 saturated heterocycles. The van der Waals surface area contributed by atoms with Gasteiger partial charge in [0, 0.05) is 37.8 Å². The maximum Gasteiger partial charge on any atom is 0.328 e. The molecule has 1 aromatic heterocycles. The Labute approximate surface area is 155 Å². The molecule has 0 atom stereocenters. The largest absolute Gasteiger partial charge is 0.352 e. The summed E-state index contributed by atoms with van der Waals surface area (Å²) in [6.45, 7) is 1.31. The number of carbonyl (C=O) groups excluding carboxylic acids is 2. The fraction of sp³-hybridized carbons (Fsp3) is 0.368. The highest BCUT2D eigenvalue weighted by Crippen LogP contribution is 2.18. The molecule has 1 fully saturated rings. The van der Waals surface area contributed by atoms with Gasteiger partial charge < -0.3 is 10.2 Å². The smallest absolute Gasteiger partial charge is 0.328 e. The van der Waals surface area contributed by atoms with Gasteiger partial charge in [-0.25, -0.2) is 4.79 Å². The number of hydrogen-bond acceptors (Lipinski definition) is 4. The molecule has 1 aromatic carbocycles. The predicted octanol–water partition coefficient (Wildman–Crippen LogP) is 0.0916. The van der Waals surface area contributed by atoms with Crippen LogP contribution in [0.25, 0.3) is 0 Å². The second-order valence-electron chi connectivity index (χ2n) is 6.60. The topological polar surface area (TPSA) is 104 Å². The zero-order valence-electron chi connectivity index (χ0n) is 14.9. The number of nitrogens with zero attached hydrogens (tertiary/aromatic N) is 2. The van der Waals surface area contributed by atoms with E-state index in [0.717, 1.165) is 5.56 Å². The molecule has 27 heavy (non-hydrogen) atoms. The highest BCUT2D eigenvalue weighted by Gasteiger charge is 2.27. The zero-order valence-corrected chi connectivity index (χ0v) is 14.9. The van der Waals surface area contributed by atoms with E-state index >= 15 is 0 Å². The van der Waals surface area contributed by atoms with Gasteiger partial charge >= 0.3 is 5.69 Å². The first-order chi connectivity index (χ1) is 13.0. The Bertz CT molecular complexity index is 911. The number of likely N-dealkylation sites (tertiary alicyclic amines) is 1. The van der Waals surface area contributed by atoms with Crippen molar-refractivity contribution in [2.75, 3.05) is 13.1 Å². The van der Waals surface area contributed by atoms with Gasteiger partial charge in [0.2, 0.25) is 11.8 Å². The van der Waals surface area contributed by atoms with E-state index in [-0.39, 0.29) is 24.3 Å². The van der Waals surface area contributed by atoms with Gasteiger partial charge in [-0.2, -0.15) is 0 Å². The fourth-order valence-electron chi connectivity index (χ4n) is 3.13. The summed E-state index contributed by atoms with van der Waals surface area (Å²) in [5, 5.41) is 2.94. The number of carbonyl (C=O) groups is 2. The molecule has 0 radical (unpaired) electrons. The van der Waals surface area contributed by atoms with E-state index in [1.807, 2.05) is 30.3 Å². The molecule has 2 heterocycles. The van der Waals surface area contributed by atoms with E-state index in [0.29, 0.717) is 32.5 Å². The molecule has 1 aliphatic heterocycles. The van der Waals surface area contributed by atoms with Crippen LogP contribution in [-0.2, 0) is 22.7 Å². The molecule has 2 N–H and O–H groups in total. The van der Waals surface area contributed by atoms with Crippen LogP contribution in [0.15, 0.2) is 52.2 Å². The number of amides is 2. The highest BCUT2D eigenvalue weighted by molar-refractivity contribution is 5.80. The summed E-state index contributed by atoms with van der Waals surface area (Å²) in [6.07, 6.45) is 2.49. The third kappa shape index (κ3) is 4.93. The van der Waals surface area contributed by atoms with E-state index in [1.165, 1.54) is 16.8 Å². The Morgan fingerprint density at radius 3 is 2.44 bits per heavy atom. The minimum absolute atomic E-state index is 0.00260. The third-order valence-electron chi connectivity index (χ3n) is 4.73. The molecule has 2 aromatic rings. The van der Waals surface area contributed by atoms with Crippen molar-refractivity contribution >= 4 is 11.8 Å². The van der Waals surface area contributed by atoms with Crippen LogP contribution >= 0.6 is 0 Å². The lowest BCUT2D eigenvalue weighted by Gasteiger charge is -2.31. The summed E-state index contributed by atoms with van der Waals surface area (Å²) in [5.74, 6) is -0.316. The fourth-order valence-corrected chi connectivity index (χ4v) is 3.13. The van der Waals surface area contributed by atoms with Gasteiger partial charge in [-0.15, -0.1) is 0 Å². The molecule has 8 nitrogen and oxygen atoms in total. The van der Waals surface area contributed by atoms with Gasteiger partial charge in [-0.1, -0.05) is 30.3 Å². The van der Waals surface area contributed by atoms with E-state index in [2.05, 4.69) is 10.3 Å². The predicted molar refractivity (Wildman–Crippen MR) is 98.9 cm³/mol. The van der Waals surface area contributed by atoms with Crippen molar-refractivity contribution in [1.82, 2.24) is 19.8 Å². The van der Waals surface area contributed by atoms with Crippen molar-refractivity contribution in [3.05, 3.63) is 69.0 Å². The molecule has 0 aliphatic carbocycles. The van der Waals surface area contributed by atoms with Gasteiger partial charge in [-0.3, -0.25) is 23.9 Å². The van der Waals surface area contributed by atoms with Gasteiger partial charge in [0.15, 0.2) is 0 Å². The Morgan fingerprint density at radius 2 is 1.78 bits per heavy atom. The maximum atomic E-state index is 12.4. The standard InChI is InChI=1S/C19H22N4O4/c24-16-8-11-23(19(27)21-16)13-17(25)22-9-6-15(7-10-22)18(26)20-12-14-4-2-1-3-5-14/h1-5,8,11,15H,6-7,9-10,12-13H2,(H,20,26)(H,21,24,27). The molecule has 0 unspecified atom stereocenters. The molecule has 0 bridgehead atoms. The molecule has 1 aliphatic rings. The van der Waals surface area contributed by atoms with Gasteiger partial charge in [0.1, 0.15) is 6.54 Å². The van der Waals surface area contributed by atoms with Crippen LogP contribution in [0, 0.1) is 5.92 Å². The first kappa shape index (κ1) is 18.6. The van der Waals surface area contributed by atoms with E-state index in [4.69, 9.17) is 0 Å². The average Bonchev–Trinajstić information content (AvgIpc) is 2.69. The van der Waals surface area contributed by atoms with Gasteiger partial charge in [0.05, 0.1) is 0 Å². The Kier molecular flexibility index (Phi) is 5.85. The van der Waals surface area contributed by atoms with Crippen molar-refractivity contribution in [3.8, 4) is 0 Å². The van der Waals surface area contributed by atoms with E-state index in [1.54, 1.807) is 4.90 Å². The summed E-state index contributed by atoms with van der Waals surface area (Å²) in [4.78, 5) is 51.2. The van der Waals surface area contributed by atoms with Gasteiger partial charge in [-0.05, 0) is 18.4 Å². The molecule has 2 amide bonds. The molecule has 0 saturated carbocycles. The number of H-pyrrole nitrogens is 1. The Morgan fingerprint density at radius 1 is 1.07 bits per heavy atom. The summed E-state index contributed by atoms with van der Waals surface area (Å²) >= 11 is 0. The minimum atomic E-state index is -0.606. The van der Waals surface area contributed by atoms with E-state index < -0.39 is 11.2 Å². The lowest BCUT2D eigenvalue weighted by molar-refractivity contribution is -0.136. The van der Waals surface area contributed by atoms with Crippen molar-refractivity contribution in [2.24, 2.45) is 5.92 Å². The highest BCUT2D eigenvalue weighted by atomic mass is 16.2.